The Morgan fingerprint density at radius 3 is 2.54 bits per heavy atom. The maximum Gasteiger partial charge on any atom is 0.291 e. The largest absolute Gasteiger partial charge is 0.378 e. The van der Waals surface area contributed by atoms with Crippen LogP contribution in [0.15, 0.2) is 0 Å². The molecule has 1 heterocycles. The highest BCUT2D eigenvalue weighted by atomic mass is 16.5. The average molecular weight is 386 g/mol. The number of rotatable bonds is 7. The molecule has 0 aromatic heterocycles. The predicted molar refractivity (Wildman–Crippen MR) is 103 cm³/mol. The molecule has 0 spiro atoms. The number of fused-ring (bicyclic) bond motifs is 1. The fraction of sp³-hybridized carbons (Fsp3) is 0.850. The quantitative estimate of drug-likeness (QED) is 0.481. The number of carbonyl (C=O) groups is 3. The maximum absolute atomic E-state index is 13.8. The van der Waals surface area contributed by atoms with Gasteiger partial charge in [0, 0.05) is 13.2 Å². The van der Waals surface area contributed by atoms with Gasteiger partial charge in [0.05, 0.1) is 17.8 Å². The van der Waals surface area contributed by atoms with Crippen molar-refractivity contribution in [2.45, 2.75) is 75.1 Å². The summed E-state index contributed by atoms with van der Waals surface area (Å²) >= 11 is 0. The van der Waals surface area contributed by atoms with Crippen molar-refractivity contribution in [1.82, 2.24) is 10.1 Å². The van der Waals surface area contributed by atoms with Gasteiger partial charge in [-0.25, -0.2) is 0 Å². The Kier molecular flexibility index (Phi) is 4.18. The predicted octanol–water partition coefficient (Wildman–Crippen LogP) is 0.214. The highest BCUT2D eigenvalue weighted by Crippen LogP contribution is 2.64. The van der Waals surface area contributed by atoms with E-state index in [0.29, 0.717) is 30.4 Å². The third-order valence-electron chi connectivity index (χ3n) is 8.36. The summed E-state index contributed by atoms with van der Waals surface area (Å²) < 4.78 is 6.02. The number of methoxy groups -OCH3 is 1. The summed E-state index contributed by atoms with van der Waals surface area (Å²) in [5, 5.41) is 3.15. The van der Waals surface area contributed by atoms with E-state index in [2.05, 4.69) is 5.23 Å². The molecular formula is C20H29BN3O4. The lowest BCUT2D eigenvalue weighted by Crippen LogP contribution is -2.67. The van der Waals surface area contributed by atoms with Crippen LogP contribution in [-0.2, 0) is 19.1 Å². The molecule has 28 heavy (non-hydrogen) atoms. The summed E-state index contributed by atoms with van der Waals surface area (Å²) in [6.07, 6.45) is 8.48. The monoisotopic (exact) mass is 386 g/mol. The van der Waals surface area contributed by atoms with E-state index in [0.717, 1.165) is 38.5 Å². The molecule has 1 saturated heterocycles. The number of likely N-dealkylation sites (tertiary alicyclic amines) is 1. The van der Waals surface area contributed by atoms with E-state index >= 15 is 0 Å². The Labute approximate surface area is 166 Å². The molecule has 1 aliphatic heterocycles. The van der Waals surface area contributed by atoms with Crippen LogP contribution in [0.5, 0.6) is 0 Å². The number of primary amides is 1. The molecule has 8 heteroatoms. The summed E-state index contributed by atoms with van der Waals surface area (Å²) in [4.78, 5) is 38.6. The first-order valence-corrected chi connectivity index (χ1v) is 10.6. The van der Waals surface area contributed by atoms with Crippen molar-refractivity contribution in [3.05, 3.63) is 0 Å². The Morgan fingerprint density at radius 2 is 1.93 bits per heavy atom. The fourth-order valence-corrected chi connectivity index (χ4v) is 7.65. The molecule has 1 radical (unpaired) electrons. The highest BCUT2D eigenvalue weighted by Gasteiger charge is 2.64. The summed E-state index contributed by atoms with van der Waals surface area (Å²) in [5.41, 5.74) is 5.24. The molecule has 0 aromatic rings. The minimum Gasteiger partial charge on any atom is -0.378 e. The minimum absolute atomic E-state index is 0.0555. The molecule has 6 fully saturated rings. The van der Waals surface area contributed by atoms with E-state index in [1.54, 1.807) is 12.0 Å². The van der Waals surface area contributed by atoms with Crippen LogP contribution in [0.3, 0.4) is 0 Å². The molecule has 6 atom stereocenters. The summed E-state index contributed by atoms with van der Waals surface area (Å²) in [5.74, 6) is 1.05. The normalized spacial score (nSPS) is 46.2. The van der Waals surface area contributed by atoms with Gasteiger partial charge in [0.1, 0.15) is 6.04 Å². The van der Waals surface area contributed by atoms with Gasteiger partial charge in [-0.1, -0.05) is 0 Å². The lowest BCUT2D eigenvalue weighted by atomic mass is 9.45. The van der Waals surface area contributed by atoms with Crippen molar-refractivity contribution in [1.29, 1.82) is 0 Å². The lowest BCUT2D eigenvalue weighted by molar-refractivity contribution is -0.191. The van der Waals surface area contributed by atoms with Crippen LogP contribution < -0.4 is 11.0 Å². The van der Waals surface area contributed by atoms with E-state index in [1.807, 2.05) is 0 Å². The third kappa shape index (κ3) is 2.67. The number of nitrogens with one attached hydrogen (secondary N) is 1. The van der Waals surface area contributed by atoms with E-state index in [-0.39, 0.29) is 23.0 Å². The molecule has 5 aliphatic carbocycles. The van der Waals surface area contributed by atoms with Crippen molar-refractivity contribution >= 4 is 25.4 Å². The SMILES string of the molecule is COC12CC3CC(C1)CC([C@H](N[B]C=O)C(=O)N1C4C[C@H]4C[C@H]1C(N)=O)(C3)C2. The van der Waals surface area contributed by atoms with Crippen molar-refractivity contribution < 1.29 is 19.1 Å². The first-order chi connectivity index (χ1) is 13.4. The number of hydrogen-bond acceptors (Lipinski definition) is 5. The van der Waals surface area contributed by atoms with Gasteiger partial charge in [-0.15, -0.1) is 0 Å². The van der Waals surface area contributed by atoms with Crippen LogP contribution in [-0.4, -0.2) is 61.2 Å². The van der Waals surface area contributed by atoms with Crippen molar-refractivity contribution in [3.63, 3.8) is 0 Å². The minimum atomic E-state index is -0.512. The van der Waals surface area contributed by atoms with Gasteiger partial charge in [-0.2, -0.15) is 0 Å². The van der Waals surface area contributed by atoms with E-state index in [1.165, 1.54) is 13.8 Å². The molecule has 7 nitrogen and oxygen atoms in total. The van der Waals surface area contributed by atoms with Crippen LogP contribution in [0, 0.1) is 23.2 Å². The first kappa shape index (κ1) is 18.6. The number of ether oxygens (including phenoxy) is 1. The number of amides is 2. The van der Waals surface area contributed by atoms with Gasteiger partial charge in [-0.3, -0.25) is 9.59 Å². The average Bonchev–Trinajstić information content (AvgIpc) is 3.30. The van der Waals surface area contributed by atoms with Gasteiger partial charge in [0.15, 0.2) is 0 Å². The van der Waals surface area contributed by atoms with Gasteiger partial charge in [0.25, 0.3) is 7.41 Å². The van der Waals surface area contributed by atoms with Crippen molar-refractivity contribution in [3.8, 4) is 0 Å². The Hall–Kier alpha value is -1.41. The van der Waals surface area contributed by atoms with E-state index < -0.39 is 18.0 Å². The number of carbonyl (C=O) groups excluding carboxylic acids is 3. The zero-order valence-corrected chi connectivity index (χ0v) is 16.4. The molecule has 5 saturated carbocycles. The zero-order chi connectivity index (χ0) is 19.7. The topological polar surface area (TPSA) is 102 Å². The fourth-order valence-electron chi connectivity index (χ4n) is 7.65. The van der Waals surface area contributed by atoms with E-state index in [9.17, 15) is 14.4 Å². The zero-order valence-electron chi connectivity index (χ0n) is 16.4. The van der Waals surface area contributed by atoms with E-state index in [4.69, 9.17) is 10.5 Å². The highest BCUT2D eigenvalue weighted by molar-refractivity contribution is 6.64. The van der Waals surface area contributed by atoms with Crippen LogP contribution >= 0.6 is 0 Å². The van der Waals surface area contributed by atoms with Gasteiger partial charge in [0.2, 0.25) is 11.8 Å². The number of nitrogens with two attached hydrogens (primary N) is 1. The molecule has 0 aromatic carbocycles. The Morgan fingerprint density at radius 1 is 1.21 bits per heavy atom. The molecule has 151 valence electrons. The van der Waals surface area contributed by atoms with Crippen LogP contribution in [0.1, 0.15) is 51.4 Å². The second kappa shape index (κ2) is 6.29. The second-order valence-corrected chi connectivity index (χ2v) is 10.1. The van der Waals surface area contributed by atoms with Gasteiger partial charge >= 0.3 is 0 Å². The first-order valence-electron chi connectivity index (χ1n) is 10.6. The lowest BCUT2D eigenvalue weighted by Gasteiger charge is -2.63. The van der Waals surface area contributed by atoms with Crippen molar-refractivity contribution in [2.75, 3.05) is 7.11 Å². The molecule has 2 amide bonds. The number of nitrogens with zero attached hydrogens (tertiary/aromatic N) is 1. The van der Waals surface area contributed by atoms with Gasteiger partial charge < -0.3 is 25.4 Å². The van der Waals surface area contributed by atoms with Crippen LogP contribution in [0.25, 0.3) is 0 Å². The standard InChI is InChI=1S/C20H29BN3O4/c1-28-20-7-11-2-12(8-20)6-19(5-11,9-20)16(23-21-10-25)18(27)24-14-3-13(14)4-15(24)17(22)26/h10-16,23H,2-9H2,1H3,(H2,22,26)/t11?,12?,13-,14?,15-,16+,19?,20?/m0/s1. The number of hydrogen-bond donors (Lipinski definition) is 2. The van der Waals surface area contributed by atoms with Crippen LogP contribution in [0.2, 0.25) is 0 Å². The third-order valence-corrected chi connectivity index (χ3v) is 8.36. The second-order valence-electron chi connectivity index (χ2n) is 10.1. The molecule has 6 rings (SSSR count). The summed E-state index contributed by atoms with van der Waals surface area (Å²) in [6.45, 7) is 0. The smallest absolute Gasteiger partial charge is 0.291 e. The number of piperidine rings is 1. The van der Waals surface area contributed by atoms with Gasteiger partial charge in [-0.05, 0) is 74.5 Å². The van der Waals surface area contributed by atoms with Crippen LogP contribution in [0.4, 0.5) is 0 Å². The Balaban J connectivity index is 1.48. The molecule has 3 unspecified atom stereocenters. The molecule has 3 N–H and O–H groups in total. The summed E-state index contributed by atoms with van der Waals surface area (Å²) in [7, 11) is 3.14. The maximum atomic E-state index is 13.8. The Bertz CT molecular complexity index is 702. The van der Waals surface area contributed by atoms with Crippen molar-refractivity contribution in [2.24, 2.45) is 28.9 Å². The summed E-state index contributed by atoms with van der Waals surface area (Å²) in [6, 6.07) is -0.878. The molecular weight excluding hydrogens is 357 g/mol. The molecule has 6 aliphatic rings. The molecule has 4 bridgehead atoms.